The van der Waals surface area contributed by atoms with Crippen molar-refractivity contribution in [3.8, 4) is 0 Å². The van der Waals surface area contributed by atoms with E-state index in [-0.39, 0.29) is 14.0 Å². The van der Waals surface area contributed by atoms with E-state index in [2.05, 4.69) is 13.8 Å². The lowest BCUT2D eigenvalue weighted by Gasteiger charge is -1.48. The van der Waals surface area contributed by atoms with Crippen molar-refractivity contribution in [2.24, 2.45) is 0 Å². The summed E-state index contributed by atoms with van der Waals surface area (Å²) in [6.45, 7) is 5.82. The van der Waals surface area contributed by atoms with Gasteiger partial charge in [0.25, 0.3) is 0 Å². The van der Waals surface area contributed by atoms with Gasteiger partial charge in [-0.25, -0.2) is 5.11 Å². The molecule has 0 N–H and O–H groups in total. The zero-order valence-corrected chi connectivity index (χ0v) is 4.82. The molecule has 0 aromatic heterocycles. The van der Waals surface area contributed by atoms with Crippen LogP contribution in [0, 0.1) is 0 Å². The van der Waals surface area contributed by atoms with Gasteiger partial charge >= 0.3 is 0 Å². The molecule has 0 amide bonds. The zero-order valence-electron chi connectivity index (χ0n) is 4.82. The van der Waals surface area contributed by atoms with E-state index < -0.39 is 0 Å². The van der Waals surface area contributed by atoms with Crippen molar-refractivity contribution in [1.82, 2.24) is 0 Å². The molecule has 0 unspecified atom stereocenters. The summed E-state index contributed by atoms with van der Waals surface area (Å²) in [5.74, 6) is 0. The Morgan fingerprint density at radius 1 is 1.14 bits per heavy atom. The molecule has 0 saturated heterocycles. The van der Waals surface area contributed by atoms with Gasteiger partial charge in [0.15, 0.2) is 0 Å². The molecule has 0 rings (SSSR count). The first-order chi connectivity index (χ1) is 2.83. The van der Waals surface area contributed by atoms with Gasteiger partial charge in [0.1, 0.15) is 0 Å². The lowest BCUT2D eigenvalue weighted by Crippen LogP contribution is -1.52. The van der Waals surface area contributed by atoms with Gasteiger partial charge in [0, 0.05) is 0 Å². The first-order valence-electron chi connectivity index (χ1n) is 2.41. The lowest BCUT2D eigenvalue weighted by molar-refractivity contribution is 0.212. The minimum Gasteiger partial charge on any atom is -0.237 e. The first-order valence-corrected chi connectivity index (χ1v) is 2.41. The van der Waals surface area contributed by atoms with Crippen LogP contribution in [0.4, 0.5) is 0 Å². The molecule has 0 spiro atoms. The largest absolute Gasteiger partial charge is 0.237 e. The van der Waals surface area contributed by atoms with Crippen LogP contribution in [0.15, 0.2) is 0 Å². The van der Waals surface area contributed by atoms with E-state index in [0.29, 0.717) is 0 Å². The molecule has 7 heavy (non-hydrogen) atoms. The van der Waals surface area contributed by atoms with E-state index in [1.807, 2.05) is 0 Å². The Hall–Kier alpha value is -0.0400. The summed E-state index contributed by atoms with van der Waals surface area (Å²) in [6.07, 6.45) is 1.25. The second-order valence-electron chi connectivity index (χ2n) is 0.996. The van der Waals surface area contributed by atoms with Crippen LogP contribution in [0.2, 0.25) is 0 Å². The minimum absolute atomic E-state index is 0. The maximum Gasteiger partial charge on any atom is 0.0794 e. The van der Waals surface area contributed by atoms with Crippen molar-refractivity contribution < 1.29 is 5.11 Å². The highest BCUT2D eigenvalue weighted by molar-refractivity contribution is 3.92. The summed E-state index contributed by atoms with van der Waals surface area (Å²) in [7, 11) is 0. The Morgan fingerprint density at radius 3 is 1.14 bits per heavy atom. The molecule has 0 aliphatic heterocycles. The minimum atomic E-state index is 0. The molecule has 0 atom stereocenters. The lowest BCUT2D eigenvalue weighted by atomic mass is 10.6. The third kappa shape index (κ3) is 58400. The van der Waals surface area contributed by atoms with Crippen molar-refractivity contribution >= 4 is 0 Å². The fraction of sp³-hybridized carbons (Fsp3) is 1.00. The van der Waals surface area contributed by atoms with Crippen LogP contribution in [0.3, 0.4) is 0 Å². The fourth-order valence-corrected chi connectivity index (χ4v) is 0. The monoisotopic (exact) mass is 105 g/mol. The zero-order chi connectivity index (χ0) is 5.41. The highest BCUT2D eigenvalue weighted by Crippen LogP contribution is 1.56. The second kappa shape index (κ2) is 38.2. The van der Waals surface area contributed by atoms with E-state index in [0.717, 1.165) is 0 Å². The average Bonchev–Trinajstić information content (AvgIpc) is 1.39. The molecule has 0 saturated carbocycles. The molecule has 0 aliphatic rings. The highest BCUT2D eigenvalue weighted by atomic mass is 16.2. The molecule has 0 aromatic carbocycles. The van der Waals surface area contributed by atoms with Crippen LogP contribution in [-0.2, 0) is 5.11 Å². The van der Waals surface area contributed by atoms with Gasteiger partial charge in [-0.2, -0.15) is 0 Å². The summed E-state index contributed by atoms with van der Waals surface area (Å²) < 4.78 is 0. The first kappa shape index (κ1) is 15.8. The molecule has 0 aliphatic carbocycles. The van der Waals surface area contributed by atoms with Crippen molar-refractivity contribution in [1.29, 1.82) is 0 Å². The number of hydrogen-bond acceptors (Lipinski definition) is 0. The molecule has 0 fully saturated rings. The van der Waals surface area contributed by atoms with Gasteiger partial charge in [0.05, 0.1) is 6.61 Å². The SMILES string of the molecule is C.CCC.CC[O]. The second-order valence-corrected chi connectivity index (χ2v) is 0.996. The van der Waals surface area contributed by atoms with Gasteiger partial charge in [-0.3, -0.25) is 0 Å². The number of hydrogen-bond donors (Lipinski definition) is 0. The molecule has 0 aromatic rings. The summed E-state index contributed by atoms with van der Waals surface area (Å²) in [6, 6.07) is 0. The Balaban J connectivity index is -0.0000000400. The van der Waals surface area contributed by atoms with Gasteiger partial charge < -0.3 is 0 Å². The Bertz CT molecular complexity index is 6.14. The molecule has 1 nitrogen and oxygen atoms in total. The van der Waals surface area contributed by atoms with Gasteiger partial charge in [0.2, 0.25) is 0 Å². The summed E-state index contributed by atoms with van der Waals surface area (Å²) in [5.41, 5.74) is 0. The number of rotatable bonds is 0. The smallest absolute Gasteiger partial charge is 0.0794 e. The van der Waals surface area contributed by atoms with Crippen LogP contribution in [-0.4, -0.2) is 6.61 Å². The fourth-order valence-electron chi connectivity index (χ4n) is 0. The summed E-state index contributed by atoms with van der Waals surface area (Å²) in [5, 5.41) is 8.93. The van der Waals surface area contributed by atoms with E-state index in [1.165, 1.54) is 6.42 Å². The summed E-state index contributed by atoms with van der Waals surface area (Å²) in [4.78, 5) is 0. The highest BCUT2D eigenvalue weighted by Gasteiger charge is 1.39. The Labute approximate surface area is 47.4 Å². The maximum atomic E-state index is 8.93. The molecule has 1 radical (unpaired) electrons. The van der Waals surface area contributed by atoms with Gasteiger partial charge in [-0.15, -0.1) is 0 Å². The van der Waals surface area contributed by atoms with Crippen LogP contribution in [0.5, 0.6) is 0 Å². The average molecular weight is 105 g/mol. The standard InChI is InChI=1S/C3H8.C2H5O.CH4/c1-3-2;1-2-3;/h3H2,1-2H3;2H2,1H3;1H4. The summed E-state index contributed by atoms with van der Waals surface area (Å²) >= 11 is 0. The topological polar surface area (TPSA) is 19.9 Å². The quantitative estimate of drug-likeness (QED) is 0.451. The van der Waals surface area contributed by atoms with Crippen molar-refractivity contribution in [2.75, 3.05) is 6.61 Å². The predicted octanol–water partition coefficient (Wildman–Crippen LogP) is 2.49. The molecule has 0 heterocycles. The van der Waals surface area contributed by atoms with Gasteiger partial charge in [-0.1, -0.05) is 27.7 Å². The van der Waals surface area contributed by atoms with Crippen molar-refractivity contribution in [2.45, 2.75) is 34.6 Å². The third-order valence-corrected chi connectivity index (χ3v) is 0. The van der Waals surface area contributed by atoms with E-state index in [1.54, 1.807) is 6.92 Å². The Morgan fingerprint density at radius 2 is 1.14 bits per heavy atom. The van der Waals surface area contributed by atoms with Crippen molar-refractivity contribution in [3.05, 3.63) is 0 Å². The van der Waals surface area contributed by atoms with E-state index in [9.17, 15) is 0 Å². The normalized spacial score (nSPS) is 5.14. The van der Waals surface area contributed by atoms with E-state index >= 15 is 0 Å². The van der Waals surface area contributed by atoms with Crippen LogP contribution in [0.25, 0.3) is 0 Å². The van der Waals surface area contributed by atoms with E-state index in [4.69, 9.17) is 5.11 Å². The molecule has 47 valence electrons. The molecular weight excluding hydrogens is 88.1 g/mol. The maximum absolute atomic E-state index is 8.93. The van der Waals surface area contributed by atoms with Crippen LogP contribution in [0.1, 0.15) is 34.6 Å². The molecular formula is C6H17O. The Kier molecular flexibility index (Phi) is 86.0. The van der Waals surface area contributed by atoms with Crippen LogP contribution >= 0.6 is 0 Å². The molecule has 0 bridgehead atoms. The molecule has 1 heteroatoms. The predicted molar refractivity (Wildman–Crippen MR) is 33.9 cm³/mol. The van der Waals surface area contributed by atoms with Crippen LogP contribution < -0.4 is 0 Å². The third-order valence-electron chi connectivity index (χ3n) is 0. The van der Waals surface area contributed by atoms with Gasteiger partial charge in [-0.05, 0) is 6.92 Å². The van der Waals surface area contributed by atoms with Crippen molar-refractivity contribution in [3.63, 3.8) is 0 Å².